The zero-order valence-corrected chi connectivity index (χ0v) is 19.4. The molecule has 7 nitrogen and oxygen atoms in total. The van der Waals surface area contributed by atoms with E-state index in [1.807, 2.05) is 56.3 Å². The summed E-state index contributed by atoms with van der Waals surface area (Å²) in [7, 11) is 4.75. The molecule has 2 aromatic rings. The smallest absolute Gasteiger partial charge is 0.227 e. The van der Waals surface area contributed by atoms with E-state index in [0.29, 0.717) is 30.1 Å². The van der Waals surface area contributed by atoms with Crippen LogP contribution in [0, 0.1) is 5.92 Å². The Morgan fingerprint density at radius 2 is 1.75 bits per heavy atom. The van der Waals surface area contributed by atoms with Crippen molar-refractivity contribution < 1.29 is 23.8 Å². The van der Waals surface area contributed by atoms with E-state index in [0.717, 1.165) is 17.7 Å². The Balaban J connectivity index is 2.09. The van der Waals surface area contributed by atoms with E-state index < -0.39 is 12.0 Å². The highest BCUT2D eigenvalue weighted by Crippen LogP contribution is 2.42. The molecule has 1 heterocycles. The molecule has 0 bridgehead atoms. The number of carbonyl (C=O) groups excluding carboxylic acids is 2. The molecular weight excluding hydrogens is 408 g/mol. The van der Waals surface area contributed by atoms with E-state index in [9.17, 15) is 9.59 Å². The number of ether oxygens (including phenoxy) is 3. The molecule has 32 heavy (non-hydrogen) atoms. The number of nitrogens with zero attached hydrogens (tertiary/aromatic N) is 1. The van der Waals surface area contributed by atoms with Gasteiger partial charge in [0, 0.05) is 18.2 Å². The van der Waals surface area contributed by atoms with Crippen LogP contribution in [0.2, 0.25) is 0 Å². The van der Waals surface area contributed by atoms with Gasteiger partial charge in [-0.25, -0.2) is 0 Å². The normalized spacial score (nSPS) is 19.3. The van der Waals surface area contributed by atoms with Gasteiger partial charge in [0.2, 0.25) is 11.8 Å². The van der Waals surface area contributed by atoms with Gasteiger partial charge in [-0.15, -0.1) is 0 Å². The summed E-state index contributed by atoms with van der Waals surface area (Å²) < 4.78 is 16.1. The summed E-state index contributed by atoms with van der Waals surface area (Å²) in [5, 5.41) is 3.10. The molecule has 2 amide bonds. The maximum absolute atomic E-state index is 13.3. The van der Waals surface area contributed by atoms with Crippen LogP contribution in [0.3, 0.4) is 0 Å². The Labute approximate surface area is 189 Å². The molecule has 1 aliphatic rings. The summed E-state index contributed by atoms with van der Waals surface area (Å²) in [4.78, 5) is 28.2. The third-order valence-corrected chi connectivity index (χ3v) is 6.03. The SMILES string of the molecule is CC[C@H](C)NC(=O)[C@@H]1CCC(=O)N(c2ccc(OC)cc2)[C@H]1c1ccc(OC)c(OC)c1. The van der Waals surface area contributed by atoms with Crippen molar-refractivity contribution in [3.63, 3.8) is 0 Å². The van der Waals surface area contributed by atoms with E-state index in [1.165, 1.54) is 0 Å². The number of rotatable bonds is 8. The maximum Gasteiger partial charge on any atom is 0.227 e. The average Bonchev–Trinajstić information content (AvgIpc) is 2.83. The summed E-state index contributed by atoms with van der Waals surface area (Å²) in [5.74, 6) is 1.37. The molecule has 1 N–H and O–H groups in total. The molecule has 7 heteroatoms. The molecule has 0 aliphatic carbocycles. The van der Waals surface area contributed by atoms with E-state index in [2.05, 4.69) is 5.32 Å². The highest BCUT2D eigenvalue weighted by Gasteiger charge is 2.42. The minimum atomic E-state index is -0.478. The van der Waals surface area contributed by atoms with E-state index >= 15 is 0 Å². The number of anilines is 1. The Morgan fingerprint density at radius 3 is 2.34 bits per heavy atom. The first-order valence-corrected chi connectivity index (χ1v) is 10.9. The van der Waals surface area contributed by atoms with Gasteiger partial charge in [-0.05, 0) is 61.7 Å². The summed E-state index contributed by atoms with van der Waals surface area (Å²) in [6, 6.07) is 12.5. The fourth-order valence-electron chi connectivity index (χ4n) is 4.08. The van der Waals surface area contributed by atoms with Crippen molar-refractivity contribution in [1.82, 2.24) is 5.32 Å². The first kappa shape index (κ1) is 23.4. The Bertz CT molecular complexity index is 944. The molecule has 1 aliphatic heterocycles. The van der Waals surface area contributed by atoms with Crippen LogP contribution in [-0.4, -0.2) is 39.2 Å². The van der Waals surface area contributed by atoms with Crippen molar-refractivity contribution in [2.24, 2.45) is 5.92 Å². The molecule has 1 saturated heterocycles. The highest BCUT2D eigenvalue weighted by molar-refractivity contribution is 5.97. The average molecular weight is 441 g/mol. The summed E-state index contributed by atoms with van der Waals surface area (Å²) >= 11 is 0. The van der Waals surface area contributed by atoms with Gasteiger partial charge in [0.15, 0.2) is 11.5 Å². The van der Waals surface area contributed by atoms with Gasteiger partial charge in [-0.2, -0.15) is 0 Å². The van der Waals surface area contributed by atoms with Gasteiger partial charge in [-0.3, -0.25) is 9.59 Å². The number of benzene rings is 2. The maximum atomic E-state index is 13.3. The number of nitrogens with one attached hydrogen (secondary N) is 1. The molecule has 0 aromatic heterocycles. The van der Waals surface area contributed by atoms with E-state index in [-0.39, 0.29) is 17.9 Å². The number of methoxy groups -OCH3 is 3. The number of carbonyl (C=O) groups is 2. The predicted octanol–water partition coefficient (Wildman–Crippen LogP) is 4.11. The van der Waals surface area contributed by atoms with Gasteiger partial charge >= 0.3 is 0 Å². The van der Waals surface area contributed by atoms with Gasteiger partial charge in [-0.1, -0.05) is 13.0 Å². The monoisotopic (exact) mass is 440 g/mol. The zero-order valence-electron chi connectivity index (χ0n) is 19.4. The fourth-order valence-corrected chi connectivity index (χ4v) is 4.08. The van der Waals surface area contributed by atoms with Crippen LogP contribution >= 0.6 is 0 Å². The number of hydrogen-bond donors (Lipinski definition) is 1. The minimum absolute atomic E-state index is 0.0254. The van der Waals surface area contributed by atoms with Crippen LogP contribution in [0.15, 0.2) is 42.5 Å². The zero-order chi connectivity index (χ0) is 23.3. The number of amides is 2. The second kappa shape index (κ2) is 10.4. The molecular formula is C25H32N2O5. The molecule has 3 atom stereocenters. The van der Waals surface area contributed by atoms with Crippen LogP contribution in [-0.2, 0) is 9.59 Å². The topological polar surface area (TPSA) is 77.1 Å². The predicted molar refractivity (Wildman–Crippen MR) is 123 cm³/mol. The molecule has 2 aromatic carbocycles. The molecule has 172 valence electrons. The van der Waals surface area contributed by atoms with Gasteiger partial charge in [0.25, 0.3) is 0 Å². The Kier molecular flexibility index (Phi) is 7.62. The van der Waals surface area contributed by atoms with Gasteiger partial charge in [0.1, 0.15) is 5.75 Å². The number of piperidine rings is 1. The van der Waals surface area contributed by atoms with Crippen LogP contribution in [0.5, 0.6) is 17.2 Å². The van der Waals surface area contributed by atoms with Crippen LogP contribution in [0.4, 0.5) is 5.69 Å². The summed E-state index contributed by atoms with van der Waals surface area (Å²) in [5.41, 5.74) is 1.53. The largest absolute Gasteiger partial charge is 0.497 e. The van der Waals surface area contributed by atoms with Crippen molar-refractivity contribution in [2.75, 3.05) is 26.2 Å². The van der Waals surface area contributed by atoms with E-state index in [1.54, 1.807) is 26.2 Å². The summed E-state index contributed by atoms with van der Waals surface area (Å²) in [6.07, 6.45) is 1.61. The van der Waals surface area contributed by atoms with Crippen molar-refractivity contribution in [2.45, 2.75) is 45.2 Å². The second-order valence-electron chi connectivity index (χ2n) is 7.98. The molecule has 0 spiro atoms. The Hall–Kier alpha value is -3.22. The van der Waals surface area contributed by atoms with Crippen LogP contribution < -0.4 is 24.4 Å². The first-order valence-electron chi connectivity index (χ1n) is 10.9. The standard InChI is InChI=1S/C25H32N2O5/c1-6-16(2)26-25(29)20-12-14-23(28)27(18-8-10-19(30-3)11-9-18)24(20)17-7-13-21(31-4)22(15-17)32-5/h7-11,13,15-16,20,24H,6,12,14H2,1-5H3,(H,26,29)/t16-,20+,24-/m0/s1. The molecule has 0 radical (unpaired) electrons. The quantitative estimate of drug-likeness (QED) is 0.668. The number of hydrogen-bond acceptors (Lipinski definition) is 5. The second-order valence-corrected chi connectivity index (χ2v) is 7.98. The fraction of sp³-hybridized carbons (Fsp3) is 0.440. The van der Waals surface area contributed by atoms with Crippen LogP contribution in [0.1, 0.15) is 44.7 Å². The third-order valence-electron chi connectivity index (χ3n) is 6.03. The van der Waals surface area contributed by atoms with Crippen LogP contribution in [0.25, 0.3) is 0 Å². The van der Waals surface area contributed by atoms with Crippen molar-refractivity contribution in [3.05, 3.63) is 48.0 Å². The van der Waals surface area contributed by atoms with Crippen molar-refractivity contribution in [3.8, 4) is 17.2 Å². The lowest BCUT2D eigenvalue weighted by molar-refractivity contribution is -0.129. The third kappa shape index (κ3) is 4.82. The minimum Gasteiger partial charge on any atom is -0.497 e. The highest BCUT2D eigenvalue weighted by atomic mass is 16.5. The van der Waals surface area contributed by atoms with Gasteiger partial charge in [0.05, 0.1) is 33.3 Å². The molecule has 0 saturated carbocycles. The molecule has 3 rings (SSSR count). The van der Waals surface area contributed by atoms with E-state index in [4.69, 9.17) is 14.2 Å². The summed E-state index contributed by atoms with van der Waals surface area (Å²) in [6.45, 7) is 4.02. The van der Waals surface area contributed by atoms with Crippen molar-refractivity contribution >= 4 is 17.5 Å². The first-order chi connectivity index (χ1) is 15.4. The molecule has 1 fully saturated rings. The lowest BCUT2D eigenvalue weighted by Gasteiger charge is -2.41. The van der Waals surface area contributed by atoms with Crippen molar-refractivity contribution in [1.29, 1.82) is 0 Å². The van der Waals surface area contributed by atoms with Gasteiger partial charge < -0.3 is 24.4 Å². The molecule has 0 unspecified atom stereocenters. The lowest BCUT2D eigenvalue weighted by Crippen LogP contribution is -2.49. The Morgan fingerprint density at radius 1 is 1.06 bits per heavy atom. The lowest BCUT2D eigenvalue weighted by atomic mass is 9.82.